The molecule has 2 aliphatic rings. The lowest BCUT2D eigenvalue weighted by Crippen LogP contribution is -2.14. The first-order valence-electron chi connectivity index (χ1n) is 6.07. The Balaban J connectivity index is 1.85. The molecule has 0 atom stereocenters. The van der Waals surface area contributed by atoms with Crippen molar-refractivity contribution < 1.29 is 0 Å². The van der Waals surface area contributed by atoms with Crippen molar-refractivity contribution >= 4 is 5.82 Å². The van der Waals surface area contributed by atoms with Crippen LogP contribution in [0.3, 0.4) is 0 Å². The number of anilines is 1. The minimum Gasteiger partial charge on any atom is -0.382 e. The lowest BCUT2D eigenvalue weighted by molar-refractivity contribution is 0.411. The van der Waals surface area contributed by atoms with Gasteiger partial charge in [0.05, 0.1) is 6.04 Å². The van der Waals surface area contributed by atoms with Gasteiger partial charge in [-0.2, -0.15) is 0 Å². The normalized spacial score (nSPS) is 23.2. The van der Waals surface area contributed by atoms with Gasteiger partial charge < -0.3 is 5.73 Å². The highest BCUT2D eigenvalue weighted by molar-refractivity contribution is 5.38. The minimum absolute atomic E-state index is 0.520. The summed E-state index contributed by atoms with van der Waals surface area (Å²) >= 11 is 0. The number of nitrogen functional groups attached to an aromatic ring is 1. The number of nitrogens with two attached hydrogens (primary N) is 1. The maximum absolute atomic E-state index is 6.13. The maximum atomic E-state index is 6.13. The zero-order chi connectivity index (χ0) is 10.3. The molecule has 4 heteroatoms. The van der Waals surface area contributed by atoms with Gasteiger partial charge in [0.2, 0.25) is 0 Å². The summed E-state index contributed by atoms with van der Waals surface area (Å²) in [7, 11) is 0. The minimum atomic E-state index is 0.520. The highest BCUT2D eigenvalue weighted by Crippen LogP contribution is 2.39. The van der Waals surface area contributed by atoms with Gasteiger partial charge in [0.1, 0.15) is 11.5 Å². The van der Waals surface area contributed by atoms with Gasteiger partial charge in [-0.05, 0) is 25.7 Å². The zero-order valence-electron chi connectivity index (χ0n) is 9.02. The SMILES string of the molecule is Nc1c(C2CCC2)nnn1C1CCCC1. The molecule has 2 saturated carbocycles. The molecule has 3 rings (SSSR count). The number of hydrogen-bond acceptors (Lipinski definition) is 3. The molecule has 0 spiro atoms. The topological polar surface area (TPSA) is 56.7 Å². The van der Waals surface area contributed by atoms with E-state index in [4.69, 9.17) is 5.73 Å². The number of rotatable bonds is 2. The quantitative estimate of drug-likeness (QED) is 0.807. The molecular formula is C11H18N4. The molecule has 1 aromatic heterocycles. The second kappa shape index (κ2) is 3.51. The molecule has 0 aliphatic heterocycles. The average Bonchev–Trinajstić information content (AvgIpc) is 2.74. The van der Waals surface area contributed by atoms with Crippen LogP contribution in [-0.2, 0) is 0 Å². The second-order valence-corrected chi connectivity index (χ2v) is 4.87. The third kappa shape index (κ3) is 1.43. The van der Waals surface area contributed by atoms with Crippen LogP contribution in [0.25, 0.3) is 0 Å². The second-order valence-electron chi connectivity index (χ2n) is 4.87. The van der Waals surface area contributed by atoms with E-state index in [1.807, 2.05) is 4.68 Å². The zero-order valence-corrected chi connectivity index (χ0v) is 9.02. The van der Waals surface area contributed by atoms with Gasteiger partial charge in [-0.3, -0.25) is 0 Å². The van der Waals surface area contributed by atoms with Crippen LogP contribution in [0.15, 0.2) is 0 Å². The Labute approximate surface area is 89.8 Å². The highest BCUT2D eigenvalue weighted by Gasteiger charge is 2.28. The molecule has 2 N–H and O–H groups in total. The summed E-state index contributed by atoms with van der Waals surface area (Å²) in [5.41, 5.74) is 7.19. The molecule has 0 saturated heterocycles. The van der Waals surface area contributed by atoms with Crippen molar-refractivity contribution in [1.82, 2.24) is 15.0 Å². The molecule has 0 aromatic carbocycles. The molecule has 1 heterocycles. The maximum Gasteiger partial charge on any atom is 0.146 e. The van der Waals surface area contributed by atoms with Gasteiger partial charge in [-0.25, -0.2) is 4.68 Å². The molecule has 2 fully saturated rings. The first-order chi connectivity index (χ1) is 7.36. The van der Waals surface area contributed by atoms with Gasteiger partial charge >= 0.3 is 0 Å². The van der Waals surface area contributed by atoms with Gasteiger partial charge in [0.25, 0.3) is 0 Å². The Hall–Kier alpha value is -1.06. The summed E-state index contributed by atoms with van der Waals surface area (Å²) in [6, 6.07) is 0.520. The van der Waals surface area contributed by atoms with E-state index in [1.54, 1.807) is 0 Å². The van der Waals surface area contributed by atoms with E-state index in [9.17, 15) is 0 Å². The van der Waals surface area contributed by atoms with E-state index in [2.05, 4.69) is 10.3 Å². The molecule has 0 unspecified atom stereocenters. The molecule has 4 nitrogen and oxygen atoms in total. The average molecular weight is 206 g/mol. The third-order valence-corrected chi connectivity index (χ3v) is 3.92. The van der Waals surface area contributed by atoms with Crippen LogP contribution < -0.4 is 5.73 Å². The van der Waals surface area contributed by atoms with Crippen LogP contribution in [0.5, 0.6) is 0 Å². The summed E-state index contributed by atoms with van der Waals surface area (Å²) in [5.74, 6) is 1.44. The smallest absolute Gasteiger partial charge is 0.146 e. The molecule has 2 aliphatic carbocycles. The van der Waals surface area contributed by atoms with Crippen LogP contribution >= 0.6 is 0 Å². The highest BCUT2D eigenvalue weighted by atomic mass is 15.5. The molecule has 0 bridgehead atoms. The fourth-order valence-electron chi connectivity index (χ4n) is 2.70. The predicted molar refractivity (Wildman–Crippen MR) is 58.5 cm³/mol. The monoisotopic (exact) mass is 206 g/mol. The first-order valence-corrected chi connectivity index (χ1v) is 6.07. The van der Waals surface area contributed by atoms with Crippen LogP contribution in [0.4, 0.5) is 5.82 Å². The summed E-state index contributed by atoms with van der Waals surface area (Å²) in [6.45, 7) is 0. The van der Waals surface area contributed by atoms with Crippen LogP contribution in [-0.4, -0.2) is 15.0 Å². The van der Waals surface area contributed by atoms with Crippen molar-refractivity contribution in [2.75, 3.05) is 5.73 Å². The van der Waals surface area contributed by atoms with E-state index in [-0.39, 0.29) is 0 Å². The lowest BCUT2D eigenvalue weighted by Gasteiger charge is -2.23. The summed E-state index contributed by atoms with van der Waals surface area (Å²) < 4.78 is 1.97. The standard InChI is InChI=1S/C11H18N4/c12-11-10(8-4-3-5-8)13-14-15(11)9-6-1-2-7-9/h8-9H,1-7,12H2. The Kier molecular flexibility index (Phi) is 2.15. The number of aromatic nitrogens is 3. The number of nitrogens with zero attached hydrogens (tertiary/aromatic N) is 3. The fraction of sp³-hybridized carbons (Fsp3) is 0.818. The van der Waals surface area contributed by atoms with Crippen molar-refractivity contribution in [3.63, 3.8) is 0 Å². The van der Waals surface area contributed by atoms with Gasteiger partial charge in [0, 0.05) is 5.92 Å². The summed E-state index contributed by atoms with van der Waals surface area (Å²) in [5, 5.41) is 8.51. The molecule has 1 aromatic rings. The molecule has 15 heavy (non-hydrogen) atoms. The van der Waals surface area contributed by atoms with Crippen LogP contribution in [0.2, 0.25) is 0 Å². The van der Waals surface area contributed by atoms with Crippen molar-refractivity contribution in [3.05, 3.63) is 5.69 Å². The molecule has 0 amide bonds. The lowest BCUT2D eigenvalue weighted by atomic mass is 9.83. The molecule has 0 radical (unpaired) electrons. The Morgan fingerprint density at radius 3 is 2.40 bits per heavy atom. The fourth-order valence-corrected chi connectivity index (χ4v) is 2.70. The first kappa shape index (κ1) is 9.19. The summed E-state index contributed by atoms with van der Waals surface area (Å²) in [4.78, 5) is 0. The van der Waals surface area contributed by atoms with Crippen molar-refractivity contribution in [2.45, 2.75) is 56.9 Å². The molecular weight excluding hydrogens is 188 g/mol. The Morgan fingerprint density at radius 2 is 1.80 bits per heavy atom. The van der Waals surface area contributed by atoms with E-state index < -0.39 is 0 Å². The van der Waals surface area contributed by atoms with E-state index >= 15 is 0 Å². The Morgan fingerprint density at radius 1 is 1.07 bits per heavy atom. The van der Waals surface area contributed by atoms with E-state index in [0.717, 1.165) is 11.5 Å². The van der Waals surface area contributed by atoms with Crippen molar-refractivity contribution in [1.29, 1.82) is 0 Å². The van der Waals surface area contributed by atoms with E-state index in [1.165, 1.54) is 44.9 Å². The number of hydrogen-bond donors (Lipinski definition) is 1. The van der Waals surface area contributed by atoms with Crippen LogP contribution in [0, 0.1) is 0 Å². The predicted octanol–water partition coefficient (Wildman–Crippen LogP) is 2.24. The third-order valence-electron chi connectivity index (χ3n) is 3.92. The van der Waals surface area contributed by atoms with Gasteiger partial charge in [-0.1, -0.05) is 24.5 Å². The molecule has 82 valence electrons. The Bertz CT molecular complexity index is 347. The van der Waals surface area contributed by atoms with Gasteiger partial charge in [-0.15, -0.1) is 5.10 Å². The summed E-state index contributed by atoms with van der Waals surface area (Å²) in [6.07, 6.45) is 8.86. The van der Waals surface area contributed by atoms with Crippen LogP contribution in [0.1, 0.15) is 62.6 Å². The van der Waals surface area contributed by atoms with Crippen molar-refractivity contribution in [2.24, 2.45) is 0 Å². The largest absolute Gasteiger partial charge is 0.382 e. The van der Waals surface area contributed by atoms with Crippen molar-refractivity contribution in [3.8, 4) is 0 Å². The van der Waals surface area contributed by atoms with E-state index in [0.29, 0.717) is 12.0 Å². The van der Waals surface area contributed by atoms with Gasteiger partial charge in [0.15, 0.2) is 0 Å².